The Bertz CT molecular complexity index is 1700. The molecule has 2 N–H and O–H groups in total. The molecule has 2 fully saturated rings. The van der Waals surface area contributed by atoms with Crippen LogP contribution in [0, 0.1) is 11.8 Å². The van der Waals surface area contributed by atoms with E-state index in [4.69, 9.17) is 14.6 Å². The molecule has 2 aromatic rings. The number of rotatable bonds is 16. The molecule has 57 heavy (non-hydrogen) atoms. The molecule has 2 atom stereocenters. The average Bonchev–Trinajstić information content (AvgIpc) is 3.89. The Morgan fingerprint density at radius 2 is 1.32 bits per heavy atom. The first-order valence-corrected chi connectivity index (χ1v) is 21.3. The first-order chi connectivity index (χ1) is 27.6. The molecule has 0 saturated carbocycles. The SMILES string of the molecule is CC1=CCC(C(=O)O)=C1.CCN(CC1CCCN(CCc2cccc(OC)c2)C1)C(=O)C1=CC(C)=CC1.CCNCC1CCCN(CCc2cccc(OC)c2)C1. The molecule has 6 rings (SSSR count). The van der Waals surface area contributed by atoms with Gasteiger partial charge >= 0.3 is 5.97 Å². The lowest BCUT2D eigenvalue weighted by atomic mass is 9.96. The van der Waals surface area contributed by atoms with E-state index in [2.05, 4.69) is 83.3 Å². The molecular formula is C48H70N4O5. The van der Waals surface area contributed by atoms with Gasteiger partial charge in [-0.2, -0.15) is 0 Å². The van der Waals surface area contributed by atoms with Crippen molar-refractivity contribution in [3.8, 4) is 11.5 Å². The van der Waals surface area contributed by atoms with Gasteiger partial charge in [-0.05, 0) is 152 Å². The highest BCUT2D eigenvalue weighted by atomic mass is 16.5. The van der Waals surface area contributed by atoms with Crippen molar-refractivity contribution in [1.82, 2.24) is 20.0 Å². The van der Waals surface area contributed by atoms with Crippen LogP contribution >= 0.6 is 0 Å². The van der Waals surface area contributed by atoms with Gasteiger partial charge in [-0.3, -0.25) is 4.79 Å². The largest absolute Gasteiger partial charge is 0.497 e. The first kappa shape index (κ1) is 45.5. The number of likely N-dealkylation sites (tertiary alicyclic amines) is 2. The summed E-state index contributed by atoms with van der Waals surface area (Å²) in [5, 5.41) is 11.9. The summed E-state index contributed by atoms with van der Waals surface area (Å²) in [4.78, 5) is 30.3. The minimum Gasteiger partial charge on any atom is -0.497 e. The maximum Gasteiger partial charge on any atom is 0.331 e. The number of likely N-dealkylation sites (N-methyl/N-ethyl adjacent to an activating group) is 1. The van der Waals surface area contributed by atoms with E-state index < -0.39 is 5.97 Å². The Kier molecular flexibility index (Phi) is 19.6. The van der Waals surface area contributed by atoms with Gasteiger partial charge in [0.2, 0.25) is 5.91 Å². The van der Waals surface area contributed by atoms with Gasteiger partial charge in [0.25, 0.3) is 0 Å². The Hall–Kier alpha value is -4.18. The van der Waals surface area contributed by atoms with Gasteiger partial charge in [-0.25, -0.2) is 4.79 Å². The Balaban J connectivity index is 0.000000215. The van der Waals surface area contributed by atoms with Crippen LogP contribution in [-0.4, -0.2) is 111 Å². The van der Waals surface area contributed by atoms with Crippen molar-refractivity contribution in [2.24, 2.45) is 11.8 Å². The minimum atomic E-state index is -0.803. The quantitative estimate of drug-likeness (QED) is 0.177. The second-order valence-corrected chi connectivity index (χ2v) is 15.9. The predicted octanol–water partition coefficient (Wildman–Crippen LogP) is 7.98. The molecule has 9 nitrogen and oxygen atoms in total. The van der Waals surface area contributed by atoms with Crippen LogP contribution in [0.4, 0.5) is 0 Å². The third-order valence-corrected chi connectivity index (χ3v) is 11.4. The molecule has 1 amide bonds. The van der Waals surface area contributed by atoms with Crippen molar-refractivity contribution in [1.29, 1.82) is 0 Å². The van der Waals surface area contributed by atoms with Gasteiger partial charge in [-0.1, -0.05) is 60.6 Å². The third-order valence-electron chi connectivity index (χ3n) is 11.4. The second kappa shape index (κ2) is 24.6. The molecule has 0 spiro atoms. The van der Waals surface area contributed by atoms with Crippen LogP contribution in [0.1, 0.15) is 77.3 Å². The van der Waals surface area contributed by atoms with Crippen molar-refractivity contribution in [2.75, 3.05) is 79.7 Å². The minimum absolute atomic E-state index is 0.226. The maximum absolute atomic E-state index is 12.8. The lowest BCUT2D eigenvalue weighted by Gasteiger charge is -2.35. The fourth-order valence-corrected chi connectivity index (χ4v) is 8.10. The van der Waals surface area contributed by atoms with Crippen LogP contribution in [0.5, 0.6) is 11.5 Å². The number of benzene rings is 2. The van der Waals surface area contributed by atoms with E-state index in [1.165, 1.54) is 62.0 Å². The number of allylic oxidation sites excluding steroid dienone is 6. The van der Waals surface area contributed by atoms with Crippen molar-refractivity contribution >= 4 is 11.9 Å². The molecule has 0 aromatic heterocycles. The molecular weight excluding hydrogens is 713 g/mol. The van der Waals surface area contributed by atoms with Crippen LogP contribution in [0.3, 0.4) is 0 Å². The number of methoxy groups -OCH3 is 2. The van der Waals surface area contributed by atoms with E-state index in [0.29, 0.717) is 17.9 Å². The maximum atomic E-state index is 12.8. The van der Waals surface area contributed by atoms with Crippen LogP contribution < -0.4 is 14.8 Å². The van der Waals surface area contributed by atoms with E-state index in [9.17, 15) is 9.59 Å². The van der Waals surface area contributed by atoms with Crippen LogP contribution in [-0.2, 0) is 22.4 Å². The molecule has 2 aromatic carbocycles. The van der Waals surface area contributed by atoms with E-state index >= 15 is 0 Å². The van der Waals surface area contributed by atoms with Gasteiger partial charge < -0.3 is 34.6 Å². The number of nitrogens with zero attached hydrogens (tertiary/aromatic N) is 3. The van der Waals surface area contributed by atoms with Crippen LogP contribution in [0.15, 0.2) is 95.1 Å². The monoisotopic (exact) mass is 783 g/mol. The fraction of sp³-hybridized carbons (Fsp3) is 0.542. The summed E-state index contributed by atoms with van der Waals surface area (Å²) < 4.78 is 10.6. The zero-order valence-electron chi connectivity index (χ0n) is 35.7. The summed E-state index contributed by atoms with van der Waals surface area (Å²) in [6, 6.07) is 16.8. The molecule has 9 heteroatoms. The number of hydrogen-bond acceptors (Lipinski definition) is 7. The number of hydrogen-bond donors (Lipinski definition) is 2. The number of carboxylic acid groups (broad SMARTS) is 1. The number of piperidine rings is 2. The smallest absolute Gasteiger partial charge is 0.331 e. The van der Waals surface area contributed by atoms with Gasteiger partial charge in [0.1, 0.15) is 11.5 Å². The summed E-state index contributed by atoms with van der Waals surface area (Å²) in [7, 11) is 3.45. The van der Waals surface area contributed by atoms with Gasteiger partial charge in [0.15, 0.2) is 0 Å². The predicted molar refractivity (Wildman–Crippen MR) is 233 cm³/mol. The molecule has 0 radical (unpaired) electrons. The number of amides is 1. The summed E-state index contributed by atoms with van der Waals surface area (Å²) in [5.41, 5.74) is 6.40. The number of ether oxygens (including phenoxy) is 2. The van der Waals surface area contributed by atoms with E-state index in [1.54, 1.807) is 20.3 Å². The standard InChI is InChI=1S/C24H34N2O2.C17H28N2O.C7H8O2/c1-4-26(24(27)22-11-10-19(2)15-22)18-21-8-6-13-25(17-21)14-12-20-7-5-9-23(16-20)28-3;1-3-18-13-16-7-5-10-19(14-16)11-9-15-6-4-8-17(12-15)20-2;1-5-2-3-6(4-5)7(8)9/h5,7,9-10,15-16,21H,4,6,8,11-14,17-18H2,1-3H3;4,6,8,12,16,18H,3,5,7,9-11,13-14H2,1-2H3;2,4H,3H2,1H3,(H,8,9). The second-order valence-electron chi connectivity index (χ2n) is 15.9. The fourth-order valence-electron chi connectivity index (χ4n) is 8.10. The number of carbonyl (C=O) groups is 2. The molecule has 2 aliphatic heterocycles. The van der Waals surface area contributed by atoms with Crippen LogP contribution in [0.2, 0.25) is 0 Å². The van der Waals surface area contributed by atoms with E-state index in [1.807, 2.05) is 31.2 Å². The molecule has 2 aliphatic carbocycles. The highest BCUT2D eigenvalue weighted by Gasteiger charge is 2.26. The Morgan fingerprint density at radius 3 is 1.77 bits per heavy atom. The van der Waals surface area contributed by atoms with Gasteiger partial charge in [-0.15, -0.1) is 0 Å². The Labute approximate surface area is 343 Å². The number of carboxylic acids is 1. The summed E-state index contributed by atoms with van der Waals surface area (Å²) in [6.07, 6.45) is 16.5. The average molecular weight is 783 g/mol. The summed E-state index contributed by atoms with van der Waals surface area (Å²) >= 11 is 0. The van der Waals surface area contributed by atoms with E-state index in [-0.39, 0.29) is 5.91 Å². The van der Waals surface area contributed by atoms with Crippen LogP contribution in [0.25, 0.3) is 0 Å². The molecule has 2 unspecified atom stereocenters. The lowest BCUT2D eigenvalue weighted by molar-refractivity contribution is -0.132. The molecule has 312 valence electrons. The van der Waals surface area contributed by atoms with Gasteiger partial charge in [0, 0.05) is 50.4 Å². The van der Waals surface area contributed by atoms with Gasteiger partial charge in [0.05, 0.1) is 14.2 Å². The molecule has 2 heterocycles. The normalized spacial score (nSPS) is 19.5. The van der Waals surface area contributed by atoms with Crippen molar-refractivity contribution in [2.45, 2.75) is 79.1 Å². The van der Waals surface area contributed by atoms with Crippen molar-refractivity contribution in [3.63, 3.8) is 0 Å². The molecule has 2 saturated heterocycles. The highest BCUT2D eigenvalue weighted by molar-refractivity contribution is 5.95. The third kappa shape index (κ3) is 15.9. The highest BCUT2D eigenvalue weighted by Crippen LogP contribution is 2.23. The van der Waals surface area contributed by atoms with Crippen molar-refractivity contribution < 1.29 is 24.2 Å². The number of carbonyl (C=O) groups excluding carboxylic acids is 1. The Morgan fingerprint density at radius 1 is 0.789 bits per heavy atom. The topological polar surface area (TPSA) is 94.6 Å². The number of aliphatic carboxylic acids is 1. The number of nitrogens with one attached hydrogen (secondary N) is 1. The molecule has 4 aliphatic rings. The summed E-state index contributed by atoms with van der Waals surface area (Å²) in [5.74, 6) is 2.71. The van der Waals surface area contributed by atoms with Crippen molar-refractivity contribution in [3.05, 3.63) is 106 Å². The van der Waals surface area contributed by atoms with E-state index in [0.717, 1.165) is 93.6 Å². The lowest BCUT2D eigenvalue weighted by Crippen LogP contribution is -2.43. The molecule has 0 bridgehead atoms. The zero-order valence-corrected chi connectivity index (χ0v) is 35.7. The zero-order chi connectivity index (χ0) is 41.0. The summed E-state index contributed by atoms with van der Waals surface area (Å²) in [6.45, 7) is 19.1. The first-order valence-electron chi connectivity index (χ1n) is 21.3.